The predicted octanol–water partition coefficient (Wildman–Crippen LogP) is 1.63. The van der Waals surface area contributed by atoms with Gasteiger partial charge in [0, 0.05) is 5.92 Å². The third-order valence-corrected chi connectivity index (χ3v) is 1.82. The summed E-state index contributed by atoms with van der Waals surface area (Å²) >= 11 is 0. The Bertz CT molecular complexity index is 343. The molecule has 0 atom stereocenters. The van der Waals surface area contributed by atoms with Crippen LogP contribution in [0.25, 0.3) is 0 Å². The normalized spacial score (nSPS) is 10.1. The fraction of sp³-hybridized carbons (Fsp3) is 0.200. The van der Waals surface area contributed by atoms with Crippen LogP contribution in [-0.4, -0.2) is 11.7 Å². The minimum absolute atomic E-state index is 0.00491. The number of nitriles is 1. The number of hydrogen-bond donors (Lipinski definition) is 1. The van der Waals surface area contributed by atoms with Gasteiger partial charge in [-0.25, -0.2) is 4.39 Å². The molecule has 1 rings (SSSR count). The Labute approximate surface area is 76.2 Å². The largest absolute Gasteiger partial charge is 0.395 e. The lowest BCUT2D eigenvalue weighted by Gasteiger charge is -2.07. The van der Waals surface area contributed by atoms with E-state index in [1.54, 1.807) is 19.1 Å². The maximum Gasteiger partial charge on any atom is 0.140 e. The highest BCUT2D eigenvalue weighted by Gasteiger charge is 2.08. The summed E-state index contributed by atoms with van der Waals surface area (Å²) in [6, 6.07) is 5.95. The monoisotopic (exact) mass is 178 g/mol. The molecule has 0 aromatic heterocycles. The average molecular weight is 178 g/mol. The number of aliphatic hydroxyl groups excluding tert-OH is 1. The van der Waals surface area contributed by atoms with Crippen LogP contribution in [-0.2, 0) is 0 Å². The first-order valence-corrected chi connectivity index (χ1v) is 3.82. The number of hydrogen-bond acceptors (Lipinski definition) is 2. The van der Waals surface area contributed by atoms with E-state index in [4.69, 9.17) is 10.4 Å². The lowest BCUT2D eigenvalue weighted by Crippen LogP contribution is -2.00. The molecule has 0 aliphatic carbocycles. The van der Waals surface area contributed by atoms with Gasteiger partial charge < -0.3 is 5.11 Å². The first-order valence-electron chi connectivity index (χ1n) is 3.82. The molecule has 1 N–H and O–H groups in total. The molecule has 0 spiro atoms. The molecule has 1 radical (unpaired) electrons. The summed E-state index contributed by atoms with van der Waals surface area (Å²) < 4.78 is 12.8. The Kier molecular flexibility index (Phi) is 2.99. The Morgan fingerprint density at radius 2 is 2.31 bits per heavy atom. The van der Waals surface area contributed by atoms with E-state index in [2.05, 4.69) is 0 Å². The maximum absolute atomic E-state index is 12.8. The molecule has 0 unspecified atom stereocenters. The van der Waals surface area contributed by atoms with Crippen molar-refractivity contribution in [2.75, 3.05) is 6.61 Å². The topological polar surface area (TPSA) is 44.0 Å². The van der Waals surface area contributed by atoms with Crippen molar-refractivity contribution >= 4 is 0 Å². The molecule has 13 heavy (non-hydrogen) atoms. The van der Waals surface area contributed by atoms with Crippen LogP contribution in [0, 0.1) is 23.1 Å². The van der Waals surface area contributed by atoms with E-state index >= 15 is 0 Å². The number of halogens is 1. The molecule has 0 aliphatic heterocycles. The van der Waals surface area contributed by atoms with Gasteiger partial charge in [0.15, 0.2) is 0 Å². The van der Waals surface area contributed by atoms with Crippen molar-refractivity contribution in [3.05, 3.63) is 41.1 Å². The quantitative estimate of drug-likeness (QED) is 0.748. The Morgan fingerprint density at radius 3 is 2.85 bits per heavy atom. The Balaban J connectivity index is 3.08. The van der Waals surface area contributed by atoms with Gasteiger partial charge >= 0.3 is 0 Å². The van der Waals surface area contributed by atoms with E-state index in [0.29, 0.717) is 5.56 Å². The molecule has 0 amide bonds. The van der Waals surface area contributed by atoms with Gasteiger partial charge in [0.2, 0.25) is 0 Å². The van der Waals surface area contributed by atoms with E-state index in [-0.39, 0.29) is 12.2 Å². The maximum atomic E-state index is 12.8. The van der Waals surface area contributed by atoms with Crippen LogP contribution in [0.2, 0.25) is 0 Å². The van der Waals surface area contributed by atoms with Crippen LogP contribution in [0.15, 0.2) is 18.2 Å². The summed E-state index contributed by atoms with van der Waals surface area (Å²) in [7, 11) is 0. The molecule has 67 valence electrons. The summed E-state index contributed by atoms with van der Waals surface area (Å²) in [6.07, 6.45) is 0. The van der Waals surface area contributed by atoms with Gasteiger partial charge in [-0.05, 0) is 17.7 Å². The number of aliphatic hydroxyl groups is 1. The third kappa shape index (κ3) is 2.04. The first kappa shape index (κ1) is 9.69. The van der Waals surface area contributed by atoms with Crippen LogP contribution in [0.3, 0.4) is 0 Å². The summed E-state index contributed by atoms with van der Waals surface area (Å²) in [5.74, 6) is 0.188. The van der Waals surface area contributed by atoms with Crippen LogP contribution < -0.4 is 0 Å². The van der Waals surface area contributed by atoms with E-state index in [1.165, 1.54) is 12.1 Å². The summed E-state index contributed by atoms with van der Waals surface area (Å²) in [6.45, 7) is 1.64. The van der Waals surface area contributed by atoms with Gasteiger partial charge in [-0.2, -0.15) is 5.26 Å². The standard InChI is InChI=1S/C10H9FNO/c1-7(6-13)8-2-3-10(11)9(4-8)5-12/h2-4,13H,6H2,1H3. The fourth-order valence-electron chi connectivity index (χ4n) is 0.968. The van der Waals surface area contributed by atoms with Crippen molar-refractivity contribution in [3.63, 3.8) is 0 Å². The first-order chi connectivity index (χ1) is 6.19. The van der Waals surface area contributed by atoms with Crippen molar-refractivity contribution in [2.45, 2.75) is 6.92 Å². The van der Waals surface area contributed by atoms with Crippen molar-refractivity contribution in [1.82, 2.24) is 0 Å². The zero-order chi connectivity index (χ0) is 9.84. The zero-order valence-electron chi connectivity index (χ0n) is 7.21. The highest BCUT2D eigenvalue weighted by molar-refractivity contribution is 5.39. The lowest BCUT2D eigenvalue weighted by atomic mass is 10.00. The van der Waals surface area contributed by atoms with E-state index in [0.717, 1.165) is 5.92 Å². The minimum atomic E-state index is -0.531. The van der Waals surface area contributed by atoms with Gasteiger partial charge in [0.1, 0.15) is 11.9 Å². The van der Waals surface area contributed by atoms with Gasteiger partial charge in [0.25, 0.3) is 0 Å². The highest BCUT2D eigenvalue weighted by Crippen LogP contribution is 2.16. The number of rotatable bonds is 2. The molecule has 0 bridgehead atoms. The Hall–Kier alpha value is -1.40. The van der Waals surface area contributed by atoms with Gasteiger partial charge in [-0.15, -0.1) is 0 Å². The van der Waals surface area contributed by atoms with Crippen molar-refractivity contribution in [3.8, 4) is 6.07 Å². The molecule has 2 nitrogen and oxygen atoms in total. The van der Waals surface area contributed by atoms with Gasteiger partial charge in [-0.1, -0.05) is 13.0 Å². The SMILES string of the molecule is C[C](CO)c1ccc(F)c(C#N)c1. The molecular weight excluding hydrogens is 169 g/mol. The molecule has 0 saturated carbocycles. The van der Waals surface area contributed by atoms with Crippen molar-refractivity contribution in [1.29, 1.82) is 5.26 Å². The average Bonchev–Trinajstić information content (AvgIpc) is 2.17. The van der Waals surface area contributed by atoms with E-state index in [1.807, 2.05) is 0 Å². The molecule has 0 heterocycles. The molecule has 3 heteroatoms. The fourth-order valence-corrected chi connectivity index (χ4v) is 0.968. The molecule has 0 saturated heterocycles. The molecule has 0 aliphatic rings. The second-order valence-corrected chi connectivity index (χ2v) is 2.74. The van der Waals surface area contributed by atoms with E-state index < -0.39 is 5.82 Å². The van der Waals surface area contributed by atoms with Crippen LogP contribution in [0.5, 0.6) is 0 Å². The summed E-state index contributed by atoms with van der Waals surface area (Å²) in [5.41, 5.74) is 0.700. The smallest absolute Gasteiger partial charge is 0.140 e. The molecule has 0 fully saturated rings. The number of benzene rings is 1. The van der Waals surface area contributed by atoms with Crippen LogP contribution >= 0.6 is 0 Å². The van der Waals surface area contributed by atoms with Gasteiger partial charge in [0.05, 0.1) is 12.2 Å². The number of nitrogens with zero attached hydrogens (tertiary/aromatic N) is 1. The Morgan fingerprint density at radius 1 is 1.62 bits per heavy atom. The van der Waals surface area contributed by atoms with Gasteiger partial charge in [-0.3, -0.25) is 0 Å². The summed E-state index contributed by atoms with van der Waals surface area (Å²) in [5, 5.41) is 17.3. The van der Waals surface area contributed by atoms with Crippen LogP contribution in [0.4, 0.5) is 4.39 Å². The highest BCUT2D eigenvalue weighted by atomic mass is 19.1. The molecular formula is C10H9FNO. The third-order valence-electron chi connectivity index (χ3n) is 1.82. The lowest BCUT2D eigenvalue weighted by molar-refractivity contribution is 0.315. The zero-order valence-corrected chi connectivity index (χ0v) is 7.21. The predicted molar refractivity (Wildman–Crippen MR) is 46.2 cm³/mol. The molecule has 1 aromatic carbocycles. The van der Waals surface area contributed by atoms with Crippen LogP contribution in [0.1, 0.15) is 18.1 Å². The second kappa shape index (κ2) is 4.01. The second-order valence-electron chi connectivity index (χ2n) is 2.74. The minimum Gasteiger partial charge on any atom is -0.395 e. The van der Waals surface area contributed by atoms with Crippen molar-refractivity contribution < 1.29 is 9.50 Å². The molecule has 1 aromatic rings. The van der Waals surface area contributed by atoms with E-state index in [9.17, 15) is 4.39 Å². The van der Waals surface area contributed by atoms with Crippen molar-refractivity contribution in [2.24, 2.45) is 0 Å². The summed E-state index contributed by atoms with van der Waals surface area (Å²) in [4.78, 5) is 0.